The van der Waals surface area contributed by atoms with Gasteiger partial charge in [-0.1, -0.05) is 29.3 Å². The van der Waals surface area contributed by atoms with Crippen molar-refractivity contribution in [1.29, 1.82) is 0 Å². The van der Waals surface area contributed by atoms with Crippen LogP contribution >= 0.6 is 23.2 Å². The van der Waals surface area contributed by atoms with E-state index < -0.39 is 0 Å². The molecule has 2 aromatic carbocycles. The van der Waals surface area contributed by atoms with E-state index in [1.807, 2.05) is 24.3 Å². The van der Waals surface area contributed by atoms with Gasteiger partial charge >= 0.3 is 5.63 Å². The first-order valence-electron chi connectivity index (χ1n) is 9.49. The summed E-state index contributed by atoms with van der Waals surface area (Å²) < 4.78 is 11.7. The largest absolute Gasteiger partial charge is 0.478 e. The van der Waals surface area contributed by atoms with Gasteiger partial charge in [0, 0.05) is 34.1 Å². The number of rotatable bonds is 3. The van der Waals surface area contributed by atoms with Crippen LogP contribution in [0.5, 0.6) is 5.75 Å². The van der Waals surface area contributed by atoms with Gasteiger partial charge in [-0.25, -0.2) is 4.79 Å². The number of hydrogen-bond acceptors (Lipinski definition) is 4. The Bertz CT molecular complexity index is 1140. The molecular formula is C22H19Cl2NO3. The first-order valence-corrected chi connectivity index (χ1v) is 10.3. The first kappa shape index (κ1) is 18.0. The Morgan fingerprint density at radius 1 is 1.04 bits per heavy atom. The molecule has 3 aromatic rings. The van der Waals surface area contributed by atoms with E-state index in [1.54, 1.807) is 6.07 Å². The Labute approximate surface area is 172 Å². The van der Waals surface area contributed by atoms with E-state index >= 15 is 0 Å². The topological polar surface area (TPSA) is 42.7 Å². The lowest BCUT2D eigenvalue weighted by Gasteiger charge is -2.29. The predicted molar refractivity (Wildman–Crippen MR) is 111 cm³/mol. The second kappa shape index (κ2) is 7.11. The molecule has 0 unspecified atom stereocenters. The first-order chi connectivity index (χ1) is 13.6. The van der Waals surface area contributed by atoms with Crippen LogP contribution in [0.3, 0.4) is 0 Å². The lowest BCUT2D eigenvalue weighted by Crippen LogP contribution is -2.33. The molecular weight excluding hydrogens is 397 g/mol. The van der Waals surface area contributed by atoms with E-state index in [1.165, 1.54) is 0 Å². The SMILES string of the molecule is O=c1oc2c3c(ccc2c2c1CCC2)OCN(CCc1ccc(Cl)cc1Cl)C3. The highest BCUT2D eigenvalue weighted by atomic mass is 35.5. The zero-order valence-electron chi connectivity index (χ0n) is 15.3. The van der Waals surface area contributed by atoms with E-state index in [2.05, 4.69) is 4.90 Å². The fourth-order valence-electron chi connectivity index (χ4n) is 4.25. The standard InChI is InChI=1S/C22H19Cl2NO3/c23-14-5-4-13(19(24)10-14)8-9-25-11-18-20(27-12-25)7-6-16-15-2-1-3-17(15)22(26)28-21(16)18/h4-7,10H,1-3,8-9,11-12H2. The van der Waals surface area contributed by atoms with Gasteiger partial charge in [-0.15, -0.1) is 0 Å². The smallest absolute Gasteiger partial charge is 0.339 e. The maximum Gasteiger partial charge on any atom is 0.339 e. The minimum Gasteiger partial charge on any atom is -0.478 e. The highest BCUT2D eigenvalue weighted by Gasteiger charge is 2.25. The van der Waals surface area contributed by atoms with E-state index in [0.29, 0.717) is 28.9 Å². The molecule has 4 nitrogen and oxygen atoms in total. The molecule has 0 saturated carbocycles. The van der Waals surface area contributed by atoms with Gasteiger partial charge in [0.1, 0.15) is 18.1 Å². The maximum atomic E-state index is 12.4. The summed E-state index contributed by atoms with van der Waals surface area (Å²) in [6, 6.07) is 9.62. The summed E-state index contributed by atoms with van der Waals surface area (Å²) in [6.45, 7) is 1.96. The van der Waals surface area contributed by atoms with E-state index in [0.717, 1.165) is 65.6 Å². The minimum absolute atomic E-state index is 0.196. The van der Waals surface area contributed by atoms with Crippen LogP contribution in [0.4, 0.5) is 0 Å². The summed E-state index contributed by atoms with van der Waals surface area (Å²) in [7, 11) is 0. The number of ether oxygens (including phenoxy) is 1. The Kier molecular flexibility index (Phi) is 4.58. The van der Waals surface area contributed by atoms with Crippen LogP contribution < -0.4 is 10.4 Å². The van der Waals surface area contributed by atoms with Crippen molar-refractivity contribution in [1.82, 2.24) is 4.90 Å². The van der Waals surface area contributed by atoms with Gasteiger partial charge in [0.2, 0.25) is 0 Å². The highest BCUT2D eigenvalue weighted by Crippen LogP contribution is 2.36. The molecule has 0 bridgehead atoms. The van der Waals surface area contributed by atoms with Crippen molar-refractivity contribution in [2.45, 2.75) is 32.2 Å². The van der Waals surface area contributed by atoms with Crippen LogP contribution in [-0.4, -0.2) is 18.2 Å². The summed E-state index contributed by atoms with van der Waals surface area (Å²) in [6.07, 6.45) is 3.56. The molecule has 5 rings (SSSR count). The van der Waals surface area contributed by atoms with Crippen molar-refractivity contribution in [3.05, 3.63) is 73.1 Å². The molecule has 1 aliphatic heterocycles. The van der Waals surface area contributed by atoms with Gasteiger partial charge < -0.3 is 9.15 Å². The molecule has 0 atom stereocenters. The van der Waals surface area contributed by atoms with Crippen LogP contribution in [-0.2, 0) is 25.8 Å². The third-order valence-electron chi connectivity index (χ3n) is 5.70. The average molecular weight is 416 g/mol. The third kappa shape index (κ3) is 3.10. The third-order valence-corrected chi connectivity index (χ3v) is 6.29. The number of fused-ring (bicyclic) bond motifs is 5. The Morgan fingerprint density at radius 2 is 1.89 bits per heavy atom. The zero-order valence-corrected chi connectivity index (χ0v) is 16.8. The van der Waals surface area contributed by atoms with Crippen LogP contribution in [0.15, 0.2) is 39.5 Å². The normalized spacial score (nSPS) is 16.1. The second-order valence-electron chi connectivity index (χ2n) is 7.43. The maximum absolute atomic E-state index is 12.4. The molecule has 144 valence electrons. The zero-order chi connectivity index (χ0) is 19.3. The van der Waals surface area contributed by atoms with Crippen molar-refractivity contribution in [2.75, 3.05) is 13.3 Å². The molecule has 0 N–H and O–H groups in total. The van der Waals surface area contributed by atoms with Gasteiger partial charge in [0.25, 0.3) is 0 Å². The lowest BCUT2D eigenvalue weighted by molar-refractivity contribution is 0.0968. The van der Waals surface area contributed by atoms with Crippen molar-refractivity contribution in [3.8, 4) is 5.75 Å². The summed E-state index contributed by atoms with van der Waals surface area (Å²) in [5.41, 5.74) is 4.49. The number of benzene rings is 2. The molecule has 2 heterocycles. The number of halogens is 2. The van der Waals surface area contributed by atoms with Crippen LogP contribution in [0, 0.1) is 0 Å². The van der Waals surface area contributed by atoms with E-state index in [9.17, 15) is 4.79 Å². The van der Waals surface area contributed by atoms with Gasteiger partial charge in [-0.2, -0.15) is 0 Å². The molecule has 0 amide bonds. The average Bonchev–Trinajstić information content (AvgIpc) is 3.18. The summed E-state index contributed by atoms with van der Waals surface area (Å²) in [5.74, 6) is 0.800. The molecule has 0 fully saturated rings. The summed E-state index contributed by atoms with van der Waals surface area (Å²) in [5, 5.41) is 2.37. The summed E-state index contributed by atoms with van der Waals surface area (Å²) >= 11 is 12.3. The van der Waals surface area contributed by atoms with Gasteiger partial charge in [-0.05, 0) is 61.1 Å². The fraction of sp³-hybridized carbons (Fsp3) is 0.318. The molecule has 1 aliphatic carbocycles. The van der Waals surface area contributed by atoms with Crippen molar-refractivity contribution in [3.63, 3.8) is 0 Å². The minimum atomic E-state index is -0.196. The number of hydrogen-bond donors (Lipinski definition) is 0. The van der Waals surface area contributed by atoms with Gasteiger partial charge in [0.15, 0.2) is 0 Å². The molecule has 1 aromatic heterocycles. The predicted octanol–water partition coefficient (Wildman–Crippen LogP) is 4.98. The fourth-order valence-corrected chi connectivity index (χ4v) is 4.75. The Morgan fingerprint density at radius 3 is 2.75 bits per heavy atom. The van der Waals surface area contributed by atoms with Gasteiger partial charge in [-0.3, -0.25) is 4.90 Å². The Balaban J connectivity index is 1.44. The Hall–Kier alpha value is -2.01. The van der Waals surface area contributed by atoms with Crippen molar-refractivity contribution < 1.29 is 9.15 Å². The molecule has 0 spiro atoms. The number of aryl methyl sites for hydroxylation is 1. The van der Waals surface area contributed by atoms with Crippen LogP contribution in [0.1, 0.15) is 28.7 Å². The molecule has 0 radical (unpaired) electrons. The van der Waals surface area contributed by atoms with Crippen molar-refractivity contribution >= 4 is 34.2 Å². The summed E-state index contributed by atoms with van der Waals surface area (Å²) in [4.78, 5) is 14.6. The molecule has 6 heteroatoms. The number of nitrogens with zero attached hydrogens (tertiary/aromatic N) is 1. The quantitative estimate of drug-likeness (QED) is 0.565. The molecule has 2 aliphatic rings. The van der Waals surface area contributed by atoms with Crippen molar-refractivity contribution in [2.24, 2.45) is 0 Å². The lowest BCUT2D eigenvalue weighted by atomic mass is 10.0. The van der Waals surface area contributed by atoms with Gasteiger partial charge in [0.05, 0.1) is 5.56 Å². The highest BCUT2D eigenvalue weighted by molar-refractivity contribution is 6.35. The van der Waals surface area contributed by atoms with Crippen LogP contribution in [0.2, 0.25) is 10.0 Å². The molecule has 0 saturated heterocycles. The second-order valence-corrected chi connectivity index (χ2v) is 8.27. The van der Waals surface area contributed by atoms with E-state index in [4.69, 9.17) is 32.4 Å². The monoisotopic (exact) mass is 415 g/mol. The van der Waals surface area contributed by atoms with E-state index in [-0.39, 0.29) is 5.63 Å². The van der Waals surface area contributed by atoms with Crippen LogP contribution in [0.25, 0.3) is 11.0 Å². The molecule has 28 heavy (non-hydrogen) atoms.